The van der Waals surface area contributed by atoms with Gasteiger partial charge in [0.2, 0.25) is 0 Å². The van der Waals surface area contributed by atoms with Gasteiger partial charge in [0.15, 0.2) is 5.65 Å². The van der Waals surface area contributed by atoms with Gasteiger partial charge in [-0.3, -0.25) is 0 Å². The van der Waals surface area contributed by atoms with Crippen LogP contribution in [-0.4, -0.2) is 26.5 Å². The van der Waals surface area contributed by atoms with Gasteiger partial charge in [0.1, 0.15) is 23.4 Å². The first-order valence-electron chi connectivity index (χ1n) is 8.78. The second-order valence-electron chi connectivity index (χ2n) is 6.18. The van der Waals surface area contributed by atoms with Gasteiger partial charge < -0.3 is 9.72 Å². The maximum atomic E-state index is 5.91. The van der Waals surface area contributed by atoms with Gasteiger partial charge in [-0.2, -0.15) is 0 Å². The summed E-state index contributed by atoms with van der Waals surface area (Å²) < 4.78 is 5.91. The van der Waals surface area contributed by atoms with Crippen molar-refractivity contribution in [2.24, 2.45) is 0 Å². The number of hydrogen-bond donors (Lipinski definition) is 2. The van der Waals surface area contributed by atoms with Crippen molar-refractivity contribution in [3.8, 4) is 17.1 Å². The normalized spacial score (nSPS) is 11.3. The smallest absolute Gasteiger partial charge is 0.161 e. The SMILES string of the molecule is CCCc1ccc2c(OCC)cc(-c3nc4cncnc4[nH]3)c(S)c2c1. The van der Waals surface area contributed by atoms with Crippen LogP contribution in [-0.2, 0) is 6.42 Å². The first-order chi connectivity index (χ1) is 12.7. The van der Waals surface area contributed by atoms with E-state index in [-0.39, 0.29) is 0 Å². The maximum Gasteiger partial charge on any atom is 0.161 e. The Kier molecular flexibility index (Phi) is 4.51. The summed E-state index contributed by atoms with van der Waals surface area (Å²) in [5, 5.41) is 2.14. The topological polar surface area (TPSA) is 63.7 Å². The van der Waals surface area contributed by atoms with Crippen LogP contribution in [0.2, 0.25) is 0 Å². The van der Waals surface area contributed by atoms with Crippen molar-refractivity contribution in [3.63, 3.8) is 0 Å². The Bertz CT molecular complexity index is 1060. The lowest BCUT2D eigenvalue weighted by molar-refractivity contribution is 0.344. The molecule has 0 aliphatic rings. The summed E-state index contributed by atoms with van der Waals surface area (Å²) in [6.45, 7) is 4.77. The van der Waals surface area contributed by atoms with Gasteiger partial charge in [0.25, 0.3) is 0 Å². The Labute approximate surface area is 157 Å². The summed E-state index contributed by atoms with van der Waals surface area (Å²) in [7, 11) is 0. The number of imidazole rings is 1. The van der Waals surface area contributed by atoms with Gasteiger partial charge in [-0.1, -0.05) is 25.5 Å². The molecule has 0 aliphatic carbocycles. The van der Waals surface area contributed by atoms with Crippen LogP contribution in [0.3, 0.4) is 0 Å². The molecule has 4 rings (SSSR count). The third-order valence-electron chi connectivity index (χ3n) is 4.39. The quantitative estimate of drug-likeness (QED) is 0.499. The molecule has 6 heteroatoms. The first kappa shape index (κ1) is 16.8. The van der Waals surface area contributed by atoms with Gasteiger partial charge >= 0.3 is 0 Å². The molecule has 5 nitrogen and oxygen atoms in total. The van der Waals surface area contributed by atoms with Crippen molar-refractivity contribution in [3.05, 3.63) is 42.4 Å². The number of hydrogen-bond acceptors (Lipinski definition) is 5. The lowest BCUT2D eigenvalue weighted by atomic mass is 10.0. The standard InChI is InChI=1S/C20H20N4OS/c1-3-5-12-6-7-13-14(8-12)18(26)15(9-17(13)25-4-2)19-23-16-10-21-11-22-20(16)24-19/h6-11,26H,3-5H2,1-2H3,(H,21,22,23,24). The minimum atomic E-state index is 0.600. The molecule has 0 unspecified atom stereocenters. The zero-order valence-corrected chi connectivity index (χ0v) is 15.7. The van der Waals surface area contributed by atoms with Crippen LogP contribution in [0.15, 0.2) is 41.7 Å². The van der Waals surface area contributed by atoms with E-state index in [9.17, 15) is 0 Å². The van der Waals surface area contributed by atoms with Crippen LogP contribution in [0, 0.1) is 0 Å². The first-order valence-corrected chi connectivity index (χ1v) is 9.23. The zero-order chi connectivity index (χ0) is 18.1. The van der Waals surface area contributed by atoms with Crippen LogP contribution in [0.1, 0.15) is 25.8 Å². The number of nitrogens with zero attached hydrogens (tertiary/aromatic N) is 3. The molecule has 0 saturated heterocycles. The third-order valence-corrected chi connectivity index (χ3v) is 4.87. The van der Waals surface area contributed by atoms with E-state index in [1.165, 1.54) is 11.9 Å². The van der Waals surface area contributed by atoms with E-state index in [1.54, 1.807) is 6.20 Å². The molecular formula is C20H20N4OS. The van der Waals surface area contributed by atoms with Gasteiger partial charge in [-0.15, -0.1) is 12.6 Å². The summed E-state index contributed by atoms with van der Waals surface area (Å²) >= 11 is 4.84. The molecule has 132 valence electrons. The predicted molar refractivity (Wildman–Crippen MR) is 107 cm³/mol. The lowest BCUT2D eigenvalue weighted by Gasteiger charge is -2.14. The van der Waals surface area contributed by atoms with Crippen molar-refractivity contribution in [2.75, 3.05) is 6.61 Å². The lowest BCUT2D eigenvalue weighted by Crippen LogP contribution is -1.96. The van der Waals surface area contributed by atoms with Gasteiger partial charge in [-0.05, 0) is 36.4 Å². The largest absolute Gasteiger partial charge is 0.493 e. The highest BCUT2D eigenvalue weighted by Gasteiger charge is 2.16. The fourth-order valence-corrected chi connectivity index (χ4v) is 3.57. The van der Waals surface area contributed by atoms with Gasteiger partial charge in [-0.25, -0.2) is 15.0 Å². The molecule has 0 amide bonds. The highest BCUT2D eigenvalue weighted by atomic mass is 32.1. The Morgan fingerprint density at radius 1 is 1.15 bits per heavy atom. The van der Waals surface area contributed by atoms with Crippen LogP contribution < -0.4 is 4.74 Å². The summed E-state index contributed by atoms with van der Waals surface area (Å²) in [4.78, 5) is 17.0. The number of fused-ring (bicyclic) bond motifs is 2. The van der Waals surface area contributed by atoms with E-state index in [0.717, 1.165) is 45.3 Å². The number of aromatic amines is 1. The van der Waals surface area contributed by atoms with Crippen LogP contribution in [0.4, 0.5) is 0 Å². The molecule has 2 aromatic carbocycles. The average Bonchev–Trinajstić information content (AvgIpc) is 3.08. The summed E-state index contributed by atoms with van der Waals surface area (Å²) in [6, 6.07) is 8.49. The fraction of sp³-hybridized carbons (Fsp3) is 0.250. The molecule has 4 aromatic rings. The Morgan fingerprint density at radius 2 is 2.04 bits per heavy atom. The second kappa shape index (κ2) is 6.96. The fourth-order valence-electron chi connectivity index (χ4n) is 3.21. The monoisotopic (exact) mass is 364 g/mol. The molecule has 1 N–H and O–H groups in total. The Hall–Kier alpha value is -2.60. The number of H-pyrrole nitrogens is 1. The van der Waals surface area contributed by atoms with Crippen LogP contribution in [0.5, 0.6) is 5.75 Å². The average molecular weight is 364 g/mol. The summed E-state index contributed by atoms with van der Waals surface area (Å²) in [6.07, 6.45) is 5.35. The molecule has 0 radical (unpaired) electrons. The predicted octanol–water partition coefficient (Wildman–Crippen LogP) is 4.81. The molecule has 26 heavy (non-hydrogen) atoms. The van der Waals surface area contributed by atoms with Gasteiger partial charge in [0, 0.05) is 15.8 Å². The molecular weight excluding hydrogens is 344 g/mol. The van der Waals surface area contributed by atoms with E-state index in [4.69, 9.17) is 17.4 Å². The maximum absolute atomic E-state index is 5.91. The van der Waals surface area contributed by atoms with Crippen molar-refractivity contribution in [1.29, 1.82) is 0 Å². The van der Waals surface area contributed by atoms with Crippen molar-refractivity contribution in [1.82, 2.24) is 19.9 Å². The van der Waals surface area contributed by atoms with Crippen molar-refractivity contribution >= 4 is 34.6 Å². The molecule has 2 heterocycles. The number of aromatic nitrogens is 4. The molecule has 0 atom stereocenters. The number of ether oxygens (including phenoxy) is 1. The number of nitrogens with one attached hydrogen (secondary N) is 1. The Balaban J connectivity index is 1.96. The molecule has 0 bridgehead atoms. The van der Waals surface area contributed by atoms with E-state index < -0.39 is 0 Å². The molecule has 0 fully saturated rings. The zero-order valence-electron chi connectivity index (χ0n) is 14.8. The molecule has 0 spiro atoms. The molecule has 2 aromatic heterocycles. The van der Waals surface area contributed by atoms with Gasteiger partial charge in [0.05, 0.1) is 12.8 Å². The van der Waals surface area contributed by atoms with E-state index >= 15 is 0 Å². The second-order valence-corrected chi connectivity index (χ2v) is 6.62. The van der Waals surface area contributed by atoms with Crippen molar-refractivity contribution < 1.29 is 4.74 Å². The van der Waals surface area contributed by atoms with Crippen LogP contribution in [0.25, 0.3) is 33.3 Å². The third kappa shape index (κ3) is 2.90. The van der Waals surface area contributed by atoms with E-state index in [1.807, 2.05) is 13.0 Å². The molecule has 0 saturated carbocycles. The summed E-state index contributed by atoms with van der Waals surface area (Å²) in [5.74, 6) is 1.55. The number of aryl methyl sites for hydroxylation is 1. The summed E-state index contributed by atoms with van der Waals surface area (Å²) in [5.41, 5.74) is 3.63. The Morgan fingerprint density at radius 3 is 2.81 bits per heavy atom. The minimum Gasteiger partial charge on any atom is -0.493 e. The number of rotatable bonds is 5. The highest BCUT2D eigenvalue weighted by molar-refractivity contribution is 7.80. The van der Waals surface area contributed by atoms with E-state index in [2.05, 4.69) is 45.1 Å². The van der Waals surface area contributed by atoms with Crippen LogP contribution >= 0.6 is 12.6 Å². The van der Waals surface area contributed by atoms with Crippen molar-refractivity contribution in [2.45, 2.75) is 31.6 Å². The minimum absolute atomic E-state index is 0.600. The molecule has 0 aliphatic heterocycles. The number of benzene rings is 2. The van der Waals surface area contributed by atoms with E-state index in [0.29, 0.717) is 18.1 Å². The highest BCUT2D eigenvalue weighted by Crippen LogP contribution is 2.39. The number of thiol groups is 1.